The van der Waals surface area contributed by atoms with Crippen molar-refractivity contribution in [2.45, 2.75) is 31.8 Å². The third kappa shape index (κ3) is 6.52. The predicted molar refractivity (Wildman–Crippen MR) is 150 cm³/mol. The molecule has 190 valence electrons. The maximum absolute atomic E-state index is 13.1. The number of sulfone groups is 1. The van der Waals surface area contributed by atoms with Crippen LogP contribution in [0.4, 0.5) is 0 Å². The van der Waals surface area contributed by atoms with Crippen molar-refractivity contribution in [3.8, 4) is 0 Å². The number of rotatable bonds is 7. The average Bonchev–Trinajstić information content (AvgIpc) is 2.84. The number of fused-ring (bicyclic) bond motifs is 1. The lowest BCUT2D eigenvalue weighted by molar-refractivity contribution is -0.113. The average molecular weight is 534 g/mol. The zero-order valence-electron chi connectivity index (χ0n) is 20.9. The van der Waals surface area contributed by atoms with Crippen LogP contribution in [-0.4, -0.2) is 29.9 Å². The molecule has 1 heterocycles. The summed E-state index contributed by atoms with van der Waals surface area (Å²) in [4.78, 5) is 17.7. The van der Waals surface area contributed by atoms with Crippen LogP contribution in [0.1, 0.15) is 47.7 Å². The van der Waals surface area contributed by atoms with Gasteiger partial charge in [0.2, 0.25) is 9.84 Å². The number of hydrogen-bond acceptors (Lipinski definition) is 5. The van der Waals surface area contributed by atoms with Crippen LogP contribution in [0.25, 0.3) is 23.1 Å². The van der Waals surface area contributed by atoms with Gasteiger partial charge < -0.3 is 5.11 Å². The van der Waals surface area contributed by atoms with E-state index >= 15 is 0 Å². The molecule has 0 spiro atoms. The zero-order chi connectivity index (χ0) is 26.8. The molecule has 0 radical (unpaired) electrons. The summed E-state index contributed by atoms with van der Waals surface area (Å²) in [5.41, 5.74) is 3.14. The molecule has 1 unspecified atom stereocenters. The number of halogens is 1. The summed E-state index contributed by atoms with van der Waals surface area (Å²) in [6, 6.07) is 23.9. The molecule has 0 aliphatic rings. The molecule has 0 aliphatic carbocycles. The van der Waals surface area contributed by atoms with Crippen LogP contribution in [0.5, 0.6) is 0 Å². The van der Waals surface area contributed by atoms with Gasteiger partial charge in [0.1, 0.15) is 0 Å². The molecule has 1 aromatic heterocycles. The topological polar surface area (TPSA) is 84.3 Å². The molecule has 1 N–H and O–H groups in total. The highest BCUT2D eigenvalue weighted by molar-refractivity contribution is 8.05. The van der Waals surface area contributed by atoms with Gasteiger partial charge in [0.05, 0.1) is 22.7 Å². The van der Waals surface area contributed by atoms with Crippen molar-refractivity contribution >= 4 is 49.6 Å². The van der Waals surface area contributed by atoms with E-state index in [1.165, 1.54) is 0 Å². The lowest BCUT2D eigenvalue weighted by Gasteiger charge is -2.24. The molecular weight excluding hydrogens is 506 g/mol. The van der Waals surface area contributed by atoms with Crippen molar-refractivity contribution in [3.05, 3.63) is 112 Å². The fraction of sp³-hybridized carbons (Fsp3) is 0.200. The smallest absolute Gasteiger partial charge is 0.253 e. The summed E-state index contributed by atoms with van der Waals surface area (Å²) < 4.78 is 24.6. The number of benzene rings is 3. The monoisotopic (exact) mass is 533 g/mol. The van der Waals surface area contributed by atoms with Crippen molar-refractivity contribution in [2.24, 2.45) is 0 Å². The van der Waals surface area contributed by atoms with E-state index in [9.17, 15) is 18.3 Å². The van der Waals surface area contributed by atoms with E-state index in [1.807, 2.05) is 72.8 Å². The number of carbonyl (C=O) groups excluding carboxylic acids is 1. The lowest BCUT2D eigenvalue weighted by atomic mass is 9.85. The van der Waals surface area contributed by atoms with Gasteiger partial charge in [0.25, 0.3) is 5.12 Å². The van der Waals surface area contributed by atoms with Gasteiger partial charge in [-0.25, -0.2) is 13.4 Å². The van der Waals surface area contributed by atoms with E-state index in [0.29, 0.717) is 16.1 Å². The van der Waals surface area contributed by atoms with Crippen molar-refractivity contribution < 1.29 is 18.3 Å². The molecule has 0 saturated carbocycles. The predicted octanol–water partition coefficient (Wildman–Crippen LogP) is 6.18. The maximum atomic E-state index is 13.1. The molecule has 0 amide bonds. The second-order valence-corrected chi connectivity index (χ2v) is 12.0. The molecule has 3 aromatic carbocycles. The highest BCUT2D eigenvalue weighted by Crippen LogP contribution is 2.31. The second-order valence-electron chi connectivity index (χ2n) is 9.64. The van der Waals surface area contributed by atoms with Gasteiger partial charge in [-0.05, 0) is 66.8 Å². The standard InChI is InChI=1S/C30H28ClNO4S/c1-30(2,34)27-10-5-4-8-23(27)18-26(29(33)37(3,35)36)22-9-6-7-20(17-22)11-15-25-16-13-21-12-14-24(31)19-28(21)32-25/h4-17,19,26,34H,18H2,1-3H3. The number of carbonyl (C=O) groups is 1. The Bertz CT molecular complexity index is 1600. The van der Waals surface area contributed by atoms with E-state index in [4.69, 9.17) is 11.6 Å². The molecule has 1 atom stereocenters. The molecule has 5 nitrogen and oxygen atoms in total. The number of aromatic nitrogens is 1. The highest BCUT2D eigenvalue weighted by atomic mass is 35.5. The number of hydrogen-bond donors (Lipinski definition) is 1. The van der Waals surface area contributed by atoms with Crippen LogP contribution in [0.2, 0.25) is 5.02 Å². The normalized spacial score (nSPS) is 13.2. The van der Waals surface area contributed by atoms with Crippen LogP contribution in [0, 0.1) is 0 Å². The van der Waals surface area contributed by atoms with E-state index in [-0.39, 0.29) is 6.42 Å². The molecule has 37 heavy (non-hydrogen) atoms. The van der Waals surface area contributed by atoms with E-state index in [0.717, 1.165) is 34.0 Å². The molecule has 4 aromatic rings. The van der Waals surface area contributed by atoms with Crippen LogP contribution in [0.3, 0.4) is 0 Å². The Morgan fingerprint density at radius 1 is 1.00 bits per heavy atom. The second kappa shape index (κ2) is 10.6. The number of pyridine rings is 1. The minimum atomic E-state index is -3.95. The van der Waals surface area contributed by atoms with Crippen molar-refractivity contribution in [1.29, 1.82) is 0 Å². The van der Waals surface area contributed by atoms with Crippen molar-refractivity contribution in [3.63, 3.8) is 0 Å². The van der Waals surface area contributed by atoms with Gasteiger partial charge in [0, 0.05) is 16.7 Å². The van der Waals surface area contributed by atoms with Crippen LogP contribution >= 0.6 is 11.6 Å². The SMILES string of the molecule is CC(C)(O)c1ccccc1CC(C(=O)S(C)(=O)=O)c1cccc(C=Cc2ccc3ccc(Cl)cc3n2)c1. The summed E-state index contributed by atoms with van der Waals surface area (Å²) in [6.45, 7) is 3.33. The third-order valence-corrected chi connectivity index (χ3v) is 7.44. The minimum Gasteiger partial charge on any atom is -0.386 e. The third-order valence-electron chi connectivity index (χ3n) is 6.19. The first-order valence-electron chi connectivity index (χ1n) is 11.8. The Morgan fingerprint density at radius 3 is 2.46 bits per heavy atom. The van der Waals surface area contributed by atoms with Gasteiger partial charge in [-0.15, -0.1) is 0 Å². The Balaban J connectivity index is 1.69. The van der Waals surface area contributed by atoms with Crippen LogP contribution in [-0.2, 0) is 26.7 Å². The Labute approximate surface area is 222 Å². The molecule has 4 rings (SSSR count). The highest BCUT2D eigenvalue weighted by Gasteiger charge is 2.31. The molecule has 0 fully saturated rings. The first-order valence-corrected chi connectivity index (χ1v) is 14.1. The summed E-state index contributed by atoms with van der Waals surface area (Å²) in [5, 5.41) is 11.4. The fourth-order valence-corrected chi connectivity index (χ4v) is 5.27. The Morgan fingerprint density at radius 2 is 1.73 bits per heavy atom. The maximum Gasteiger partial charge on any atom is 0.253 e. The largest absolute Gasteiger partial charge is 0.386 e. The lowest BCUT2D eigenvalue weighted by Crippen LogP contribution is -2.25. The summed E-state index contributed by atoms with van der Waals surface area (Å²) >= 11 is 6.10. The van der Waals surface area contributed by atoms with Crippen molar-refractivity contribution in [2.75, 3.05) is 6.26 Å². The quantitative estimate of drug-likeness (QED) is 0.306. The number of aliphatic hydroxyl groups is 1. The van der Waals surface area contributed by atoms with Gasteiger partial charge in [0.15, 0.2) is 0 Å². The van der Waals surface area contributed by atoms with E-state index < -0.39 is 26.5 Å². The van der Waals surface area contributed by atoms with E-state index in [2.05, 4.69) is 4.98 Å². The fourth-order valence-electron chi connectivity index (χ4n) is 4.37. The molecule has 7 heteroatoms. The Kier molecular flexibility index (Phi) is 7.64. The number of nitrogens with zero attached hydrogens (tertiary/aromatic N) is 1. The Hall–Kier alpha value is -3.32. The van der Waals surface area contributed by atoms with Crippen LogP contribution in [0.15, 0.2) is 78.9 Å². The molecule has 0 aliphatic heterocycles. The van der Waals surface area contributed by atoms with Gasteiger partial charge in [-0.1, -0.05) is 78.3 Å². The molecule has 0 bridgehead atoms. The summed E-state index contributed by atoms with van der Waals surface area (Å²) in [7, 11) is -3.95. The van der Waals surface area contributed by atoms with Crippen molar-refractivity contribution in [1.82, 2.24) is 4.98 Å². The molecular formula is C30H28ClNO4S. The summed E-state index contributed by atoms with van der Waals surface area (Å²) in [6.07, 6.45) is 4.81. The first-order chi connectivity index (χ1) is 17.4. The zero-order valence-corrected chi connectivity index (χ0v) is 22.4. The van der Waals surface area contributed by atoms with Crippen LogP contribution < -0.4 is 0 Å². The van der Waals surface area contributed by atoms with E-state index in [1.54, 1.807) is 32.0 Å². The first kappa shape index (κ1) is 26.7. The van der Waals surface area contributed by atoms with Gasteiger partial charge in [-0.3, -0.25) is 4.79 Å². The minimum absolute atomic E-state index is 0.145. The summed E-state index contributed by atoms with van der Waals surface area (Å²) in [5.74, 6) is -0.923. The van der Waals surface area contributed by atoms with Gasteiger partial charge >= 0.3 is 0 Å². The molecule has 0 saturated heterocycles. The van der Waals surface area contributed by atoms with Gasteiger partial charge in [-0.2, -0.15) is 0 Å².